The fourth-order valence-corrected chi connectivity index (χ4v) is 6.07. The third-order valence-corrected chi connectivity index (χ3v) is 7.04. The number of esters is 1. The van der Waals surface area contributed by atoms with E-state index in [9.17, 15) is 4.79 Å². The maximum atomic E-state index is 11.5. The smallest absolute Gasteiger partial charge is 0.305 e. The molecule has 2 bridgehead atoms. The number of fused-ring (bicyclic) bond motifs is 5. The van der Waals surface area contributed by atoms with E-state index in [1.54, 1.807) is 0 Å². The van der Waals surface area contributed by atoms with E-state index in [-0.39, 0.29) is 12.1 Å². The zero-order valence-electron chi connectivity index (χ0n) is 12.1. The Labute approximate surface area is 116 Å². The number of rotatable bonds is 3. The molecular weight excluding hydrogens is 236 g/mol. The Morgan fingerprint density at radius 3 is 2.79 bits per heavy atom. The quantitative estimate of drug-likeness (QED) is 0.720. The molecule has 4 aliphatic carbocycles. The third-order valence-electron chi connectivity index (χ3n) is 7.04. The molecule has 5 unspecified atom stereocenters. The molecule has 0 spiro atoms. The zero-order valence-corrected chi connectivity index (χ0v) is 12.1. The molecule has 5 atom stereocenters. The summed E-state index contributed by atoms with van der Waals surface area (Å²) in [6.07, 6.45) is 12.0. The van der Waals surface area contributed by atoms with Gasteiger partial charge in [-0.25, -0.2) is 0 Å². The van der Waals surface area contributed by atoms with E-state index in [0.717, 1.165) is 23.7 Å². The normalized spacial score (nSPS) is 48.1. The molecule has 0 radical (unpaired) electrons. The van der Waals surface area contributed by atoms with Crippen molar-refractivity contribution in [3.8, 4) is 0 Å². The van der Waals surface area contributed by atoms with E-state index in [0.29, 0.717) is 11.8 Å². The van der Waals surface area contributed by atoms with Crippen LogP contribution in [0.25, 0.3) is 0 Å². The lowest BCUT2D eigenvalue weighted by atomic mass is 9.58. The predicted octanol–water partition coefficient (Wildman–Crippen LogP) is 3.93. The average Bonchev–Trinajstić information content (AvgIpc) is 2.96. The van der Waals surface area contributed by atoms with Crippen LogP contribution in [-0.2, 0) is 9.53 Å². The van der Waals surface area contributed by atoms with Gasteiger partial charge in [0.2, 0.25) is 0 Å². The summed E-state index contributed by atoms with van der Waals surface area (Å²) < 4.78 is 5.66. The minimum atomic E-state index is 0.00927. The molecule has 19 heavy (non-hydrogen) atoms. The maximum absolute atomic E-state index is 11.5. The van der Waals surface area contributed by atoms with E-state index in [1.165, 1.54) is 51.4 Å². The van der Waals surface area contributed by atoms with E-state index in [4.69, 9.17) is 4.74 Å². The SMILES string of the molecule is CCC(=O)OC1CC2C3CCC(C4CCC4)(C3)C2C1. The van der Waals surface area contributed by atoms with Crippen molar-refractivity contribution in [3.63, 3.8) is 0 Å². The molecule has 106 valence electrons. The standard InChI is InChI=1S/C17H26O2/c1-2-16(18)19-13-8-14-11-6-7-17(10-11,15(14)9-13)12-4-3-5-12/h11-15H,2-10H2,1H3. The van der Waals surface area contributed by atoms with Gasteiger partial charge in [-0.2, -0.15) is 0 Å². The summed E-state index contributed by atoms with van der Waals surface area (Å²) in [7, 11) is 0. The van der Waals surface area contributed by atoms with Crippen LogP contribution in [0.15, 0.2) is 0 Å². The summed E-state index contributed by atoms with van der Waals surface area (Å²) >= 11 is 0. The Hall–Kier alpha value is -0.530. The van der Waals surface area contributed by atoms with Gasteiger partial charge in [-0.3, -0.25) is 4.79 Å². The summed E-state index contributed by atoms with van der Waals surface area (Å²) in [6, 6.07) is 0. The summed E-state index contributed by atoms with van der Waals surface area (Å²) in [5.41, 5.74) is 0.682. The lowest BCUT2D eigenvalue weighted by Crippen LogP contribution is -2.38. The molecule has 2 nitrogen and oxygen atoms in total. The van der Waals surface area contributed by atoms with E-state index in [1.807, 2.05) is 6.92 Å². The monoisotopic (exact) mass is 262 g/mol. The lowest BCUT2D eigenvalue weighted by molar-refractivity contribution is -0.148. The van der Waals surface area contributed by atoms with Crippen LogP contribution >= 0.6 is 0 Å². The Morgan fingerprint density at radius 2 is 2.11 bits per heavy atom. The molecule has 0 aromatic carbocycles. The fraction of sp³-hybridized carbons (Fsp3) is 0.941. The van der Waals surface area contributed by atoms with Gasteiger partial charge in [0.25, 0.3) is 0 Å². The molecule has 0 amide bonds. The number of carbonyl (C=O) groups is 1. The number of hydrogen-bond donors (Lipinski definition) is 0. The Balaban J connectivity index is 1.51. The van der Waals surface area contributed by atoms with Gasteiger partial charge >= 0.3 is 5.97 Å². The minimum absolute atomic E-state index is 0.00927. The summed E-state index contributed by atoms with van der Waals surface area (Å²) in [4.78, 5) is 11.5. The van der Waals surface area contributed by atoms with Crippen molar-refractivity contribution in [3.05, 3.63) is 0 Å². The molecule has 0 aliphatic heterocycles. The van der Waals surface area contributed by atoms with Gasteiger partial charge in [-0.15, -0.1) is 0 Å². The van der Waals surface area contributed by atoms with Crippen molar-refractivity contribution in [2.45, 2.75) is 70.8 Å². The first kappa shape index (κ1) is 12.2. The molecule has 0 saturated heterocycles. The van der Waals surface area contributed by atoms with Crippen LogP contribution in [0, 0.1) is 29.1 Å². The van der Waals surface area contributed by atoms with Gasteiger partial charge < -0.3 is 4.74 Å². The van der Waals surface area contributed by atoms with Crippen molar-refractivity contribution in [1.29, 1.82) is 0 Å². The predicted molar refractivity (Wildman–Crippen MR) is 73.5 cm³/mol. The highest BCUT2D eigenvalue weighted by Crippen LogP contribution is 2.71. The first-order chi connectivity index (χ1) is 9.23. The van der Waals surface area contributed by atoms with Crippen molar-refractivity contribution < 1.29 is 9.53 Å². The summed E-state index contributed by atoms with van der Waals surface area (Å²) in [5, 5.41) is 0. The molecule has 0 heterocycles. The molecule has 4 rings (SSSR count). The lowest BCUT2D eigenvalue weighted by Gasteiger charge is -2.47. The first-order valence-corrected chi connectivity index (χ1v) is 8.42. The van der Waals surface area contributed by atoms with Gasteiger partial charge in [-0.1, -0.05) is 13.3 Å². The maximum Gasteiger partial charge on any atom is 0.305 e. The van der Waals surface area contributed by atoms with Crippen LogP contribution in [0.4, 0.5) is 0 Å². The molecule has 4 aliphatic rings. The molecule has 4 saturated carbocycles. The average molecular weight is 262 g/mol. The largest absolute Gasteiger partial charge is 0.462 e. The second-order valence-corrected chi connectivity index (χ2v) is 7.57. The molecule has 0 aromatic heterocycles. The Kier molecular flexibility index (Phi) is 2.72. The van der Waals surface area contributed by atoms with Crippen LogP contribution in [0.3, 0.4) is 0 Å². The van der Waals surface area contributed by atoms with Gasteiger partial charge in [0.15, 0.2) is 0 Å². The van der Waals surface area contributed by atoms with Crippen LogP contribution in [-0.4, -0.2) is 12.1 Å². The fourth-order valence-electron chi connectivity index (χ4n) is 6.07. The highest BCUT2D eigenvalue weighted by Gasteiger charge is 2.63. The first-order valence-electron chi connectivity index (χ1n) is 8.42. The highest BCUT2D eigenvalue weighted by atomic mass is 16.5. The van der Waals surface area contributed by atoms with Gasteiger partial charge in [0.05, 0.1) is 0 Å². The third kappa shape index (κ3) is 1.64. The minimum Gasteiger partial charge on any atom is -0.462 e. The van der Waals surface area contributed by atoms with Crippen molar-refractivity contribution in [2.24, 2.45) is 29.1 Å². The van der Waals surface area contributed by atoms with Crippen molar-refractivity contribution in [1.82, 2.24) is 0 Å². The molecule has 0 aromatic rings. The van der Waals surface area contributed by atoms with Crippen LogP contribution in [0.1, 0.15) is 64.7 Å². The number of carbonyl (C=O) groups excluding carboxylic acids is 1. The van der Waals surface area contributed by atoms with Crippen molar-refractivity contribution >= 4 is 5.97 Å². The highest BCUT2D eigenvalue weighted by molar-refractivity contribution is 5.69. The van der Waals surface area contributed by atoms with Gasteiger partial charge in [0.1, 0.15) is 6.10 Å². The topological polar surface area (TPSA) is 26.3 Å². The second-order valence-electron chi connectivity index (χ2n) is 7.57. The zero-order chi connectivity index (χ0) is 13.0. The second kappa shape index (κ2) is 4.23. The Bertz CT molecular complexity index is 387. The van der Waals surface area contributed by atoms with Crippen molar-refractivity contribution in [2.75, 3.05) is 0 Å². The molecule has 0 N–H and O–H groups in total. The van der Waals surface area contributed by atoms with E-state index in [2.05, 4.69) is 0 Å². The summed E-state index contributed by atoms with van der Waals surface area (Å²) in [6.45, 7) is 1.90. The van der Waals surface area contributed by atoms with E-state index < -0.39 is 0 Å². The number of hydrogen-bond acceptors (Lipinski definition) is 2. The van der Waals surface area contributed by atoms with Gasteiger partial charge in [-0.05, 0) is 74.0 Å². The molecule has 4 fully saturated rings. The van der Waals surface area contributed by atoms with Gasteiger partial charge in [0, 0.05) is 6.42 Å². The Morgan fingerprint density at radius 1 is 1.26 bits per heavy atom. The van der Waals surface area contributed by atoms with Crippen LogP contribution in [0.2, 0.25) is 0 Å². The number of ether oxygens (including phenoxy) is 1. The van der Waals surface area contributed by atoms with E-state index >= 15 is 0 Å². The molecule has 2 heteroatoms. The van der Waals surface area contributed by atoms with Crippen LogP contribution < -0.4 is 0 Å². The molecular formula is C17H26O2. The van der Waals surface area contributed by atoms with Crippen LogP contribution in [0.5, 0.6) is 0 Å². The summed E-state index contributed by atoms with van der Waals surface area (Å²) in [5.74, 6) is 3.79.